The highest BCUT2D eigenvalue weighted by Gasteiger charge is 2.31. The van der Waals surface area contributed by atoms with E-state index in [4.69, 9.17) is 30.7 Å². The van der Waals surface area contributed by atoms with Gasteiger partial charge in [-0.05, 0) is 101 Å². The summed E-state index contributed by atoms with van der Waals surface area (Å²) in [5.74, 6) is 2.52. The van der Waals surface area contributed by atoms with Crippen LogP contribution in [-0.4, -0.2) is 24.9 Å². The lowest BCUT2D eigenvalue weighted by molar-refractivity contribution is 0.555. The number of para-hydroxylation sites is 1. The van der Waals surface area contributed by atoms with Crippen molar-refractivity contribution in [2.45, 2.75) is 19.4 Å². The molecule has 10 aromatic carbocycles. The molecule has 0 aliphatic carbocycles. The van der Waals surface area contributed by atoms with E-state index in [1.165, 1.54) is 0 Å². The molecule has 0 atom stereocenters. The first-order valence-electron chi connectivity index (χ1n) is 25.9. The Balaban J connectivity index is 0.949. The van der Waals surface area contributed by atoms with Crippen LogP contribution in [0, 0.1) is 0 Å². The van der Waals surface area contributed by atoms with Crippen molar-refractivity contribution in [3.8, 4) is 113 Å². The Morgan fingerprint density at radius 3 is 1.08 bits per heavy atom. The fourth-order valence-electron chi connectivity index (χ4n) is 10.5. The van der Waals surface area contributed by atoms with E-state index in [-0.39, 0.29) is 0 Å². The number of nitrogens with zero attached hydrogens (tertiary/aromatic N) is 6. The number of rotatable bonds is 10. The summed E-state index contributed by atoms with van der Waals surface area (Å²) in [7, 11) is 0. The molecule has 0 unspecified atom stereocenters. The van der Waals surface area contributed by atoms with Gasteiger partial charge in [0.25, 0.3) is 0 Å². The smallest absolute Gasteiger partial charge is 0.164 e. The van der Waals surface area contributed by atoms with Gasteiger partial charge in [0, 0.05) is 50.0 Å². The van der Waals surface area contributed by atoms with Crippen LogP contribution in [-0.2, 0) is 5.54 Å². The molecule has 0 fully saturated rings. The third-order valence-corrected chi connectivity index (χ3v) is 14.3. The number of hydrogen-bond donors (Lipinski definition) is 1. The van der Waals surface area contributed by atoms with Crippen LogP contribution in [0.5, 0.6) is 0 Å². The van der Waals surface area contributed by atoms with Gasteiger partial charge in [-0.25, -0.2) is 24.9 Å². The first-order valence-corrected chi connectivity index (χ1v) is 25.9. The molecule has 0 saturated heterocycles. The van der Waals surface area contributed by atoms with Gasteiger partial charge in [0.15, 0.2) is 23.3 Å². The van der Waals surface area contributed by atoms with E-state index in [1.54, 1.807) is 0 Å². The van der Waals surface area contributed by atoms with Crippen LogP contribution < -0.4 is 10.6 Å². The Morgan fingerprint density at radius 2 is 0.623 bits per heavy atom. The number of hydrogen-bond acceptors (Lipinski definition) is 7. The van der Waals surface area contributed by atoms with Crippen molar-refractivity contribution < 1.29 is 0 Å². The molecule has 0 spiro atoms. The summed E-state index contributed by atoms with van der Waals surface area (Å²) in [4.78, 5) is 27.9. The molecule has 12 aromatic rings. The molecule has 366 valence electrons. The minimum atomic E-state index is -0.646. The van der Waals surface area contributed by atoms with Crippen molar-refractivity contribution in [3.63, 3.8) is 0 Å². The van der Waals surface area contributed by atoms with Gasteiger partial charge in [-0.1, -0.05) is 212 Å². The summed E-state index contributed by atoms with van der Waals surface area (Å²) in [6.45, 7) is 4.15. The molecular weight excluding hydrogens is 939 g/mol. The second-order valence-electron chi connectivity index (χ2n) is 20.0. The van der Waals surface area contributed by atoms with Crippen LogP contribution in [0.1, 0.15) is 19.4 Å². The predicted octanol–water partition coefficient (Wildman–Crippen LogP) is 17.3. The van der Waals surface area contributed by atoms with Gasteiger partial charge >= 0.3 is 0 Å². The van der Waals surface area contributed by atoms with Gasteiger partial charge in [-0.15, -0.1) is 0 Å². The molecule has 0 bridgehead atoms. The highest BCUT2D eigenvalue weighted by atomic mass is 15.2. The highest BCUT2D eigenvalue weighted by molar-refractivity contribution is 6.04. The van der Waals surface area contributed by atoms with Crippen molar-refractivity contribution >= 4 is 17.1 Å². The van der Waals surface area contributed by atoms with E-state index in [0.717, 1.165) is 112 Å². The van der Waals surface area contributed by atoms with Crippen LogP contribution in [0.15, 0.2) is 261 Å². The molecule has 2 aromatic heterocycles. The topological polar surface area (TPSA) is 93.7 Å². The zero-order valence-corrected chi connectivity index (χ0v) is 42.6. The van der Waals surface area contributed by atoms with E-state index in [2.05, 4.69) is 183 Å². The van der Waals surface area contributed by atoms with Crippen molar-refractivity contribution in [1.29, 1.82) is 0 Å². The Hall–Kier alpha value is -9.95. The quantitative estimate of drug-likeness (QED) is 0.146. The van der Waals surface area contributed by atoms with E-state index < -0.39 is 5.54 Å². The van der Waals surface area contributed by atoms with Gasteiger partial charge < -0.3 is 10.6 Å². The maximum Gasteiger partial charge on any atom is 0.164 e. The van der Waals surface area contributed by atoms with E-state index in [9.17, 15) is 0 Å². The first-order chi connectivity index (χ1) is 37.8. The molecule has 0 radical (unpaired) electrons. The molecule has 3 heterocycles. The lowest BCUT2D eigenvalue weighted by atomic mass is 9.91. The lowest BCUT2D eigenvalue weighted by Gasteiger charge is -2.33. The number of anilines is 3. The molecule has 1 aliphatic heterocycles. The molecule has 13 rings (SSSR count). The maximum absolute atomic E-state index is 7.07. The van der Waals surface area contributed by atoms with Crippen molar-refractivity contribution in [1.82, 2.24) is 24.9 Å². The third-order valence-electron chi connectivity index (χ3n) is 14.3. The first kappa shape index (κ1) is 46.8. The lowest BCUT2D eigenvalue weighted by Crippen LogP contribution is -2.30. The summed E-state index contributed by atoms with van der Waals surface area (Å²) >= 11 is 0. The Kier molecular flexibility index (Phi) is 12.0. The van der Waals surface area contributed by atoms with E-state index in [1.807, 2.05) is 97.1 Å². The third kappa shape index (κ3) is 9.15. The minimum Gasteiger partial charge on any atom is -0.322 e. The van der Waals surface area contributed by atoms with Crippen LogP contribution >= 0.6 is 0 Å². The normalized spacial score (nSPS) is 11.8. The van der Waals surface area contributed by atoms with Gasteiger partial charge in [0.05, 0.1) is 28.5 Å². The molecule has 2 N–H and O–H groups in total. The van der Waals surface area contributed by atoms with Gasteiger partial charge in [0.1, 0.15) is 0 Å². The molecule has 7 heteroatoms. The summed E-state index contributed by atoms with van der Waals surface area (Å²) in [6.07, 6.45) is 0. The van der Waals surface area contributed by atoms with Crippen LogP contribution in [0.3, 0.4) is 0 Å². The summed E-state index contributed by atoms with van der Waals surface area (Å²) in [6, 6.07) is 91.0. The molecule has 7 nitrogen and oxygen atoms in total. The van der Waals surface area contributed by atoms with Crippen molar-refractivity contribution in [3.05, 3.63) is 266 Å². The van der Waals surface area contributed by atoms with Crippen LogP contribution in [0.2, 0.25) is 0 Å². The number of fused-ring (bicyclic) bond motifs is 5. The highest BCUT2D eigenvalue weighted by Crippen LogP contribution is 2.53. The number of benzene rings is 10. The molecule has 77 heavy (non-hydrogen) atoms. The largest absolute Gasteiger partial charge is 0.322 e. The molecule has 1 aliphatic rings. The SMILES string of the molecule is CC(C)(N)c1ccccc1N1c2ccc(-c3cccc(-c4nc(-c5ccccc5)cc(-c5ccccc5)n4)c3)cc2-c2ccccc2-c2cc(-c3cccc(-c4nc(-c5ccccc5)nc(-c5ccccc5)n4)c3)ccc21. The zero-order chi connectivity index (χ0) is 51.9. The Labute approximate surface area is 448 Å². The summed E-state index contributed by atoms with van der Waals surface area (Å²) in [5, 5.41) is 0. The van der Waals surface area contributed by atoms with Crippen molar-refractivity contribution in [2.75, 3.05) is 4.90 Å². The molecule has 0 amide bonds. The zero-order valence-electron chi connectivity index (χ0n) is 42.6. The molecule has 0 saturated carbocycles. The summed E-state index contributed by atoms with van der Waals surface area (Å²) in [5.41, 5.74) is 26.7. The monoisotopic (exact) mass is 989 g/mol. The van der Waals surface area contributed by atoms with Gasteiger partial charge in [0.2, 0.25) is 0 Å². The predicted molar refractivity (Wildman–Crippen MR) is 315 cm³/mol. The Bertz CT molecular complexity index is 3780. The average Bonchev–Trinajstić information content (AvgIpc) is 3.75. The second-order valence-corrected chi connectivity index (χ2v) is 20.0. The van der Waals surface area contributed by atoms with Gasteiger partial charge in [-0.2, -0.15) is 0 Å². The van der Waals surface area contributed by atoms with E-state index in [0.29, 0.717) is 23.3 Å². The standard InChI is InChI=1S/C70H51N7/c1-70(2,71)60-35-17-18-36-65(60)77-63-39-37-52(50-29-19-31-54(41-50)68-72-61(46-21-7-3-8-22-46)45-62(73-68)47-23-9-4-10-24-47)43-58(63)56-33-15-16-34-57(56)59-44-53(38-40-64(59)77)51-30-20-32-55(42-51)69-75-66(48-25-11-5-12-26-48)74-67(76-69)49-27-13-6-14-28-49/h3-45H,71H2,1-2H3. The van der Waals surface area contributed by atoms with Gasteiger partial charge in [-0.3, -0.25) is 0 Å². The average molecular weight is 990 g/mol. The van der Waals surface area contributed by atoms with E-state index >= 15 is 0 Å². The fourth-order valence-corrected chi connectivity index (χ4v) is 10.5. The maximum atomic E-state index is 7.07. The number of nitrogens with two attached hydrogens (primary N) is 1. The fraction of sp³-hybridized carbons (Fsp3) is 0.0429. The second kappa shape index (κ2) is 19.7. The van der Waals surface area contributed by atoms with Crippen LogP contribution in [0.25, 0.3) is 113 Å². The minimum absolute atomic E-state index is 0.605. The van der Waals surface area contributed by atoms with Crippen LogP contribution in [0.4, 0.5) is 17.1 Å². The Morgan fingerprint density at radius 1 is 0.273 bits per heavy atom. The summed E-state index contributed by atoms with van der Waals surface area (Å²) < 4.78 is 0. The van der Waals surface area contributed by atoms with Crippen molar-refractivity contribution in [2.24, 2.45) is 5.73 Å². The molecular formula is C70H51N7. The number of aromatic nitrogens is 5.